The first-order valence-corrected chi connectivity index (χ1v) is 6.06. The molecule has 21 heavy (non-hydrogen) atoms. The van der Waals surface area contributed by atoms with Crippen molar-refractivity contribution in [2.45, 2.75) is 0 Å². The molecule has 0 radical (unpaired) electrons. The van der Waals surface area contributed by atoms with Gasteiger partial charge in [-0.15, -0.1) is 0 Å². The molecule has 0 unspecified atom stereocenters. The predicted octanol–water partition coefficient (Wildman–Crippen LogP) is -0.392. The zero-order valence-corrected chi connectivity index (χ0v) is 12.1. The van der Waals surface area contributed by atoms with E-state index in [1.807, 2.05) is 0 Å². The Morgan fingerprint density at radius 2 is 1.81 bits per heavy atom. The van der Waals surface area contributed by atoms with Crippen LogP contribution in [0, 0.1) is 0 Å². The van der Waals surface area contributed by atoms with Crippen molar-refractivity contribution in [3.8, 4) is 0 Å². The number of aryl methyl sites for hydroxylation is 1. The molecular weight excluding hydrogens is 278 g/mol. The average Bonchev–Trinajstić information content (AvgIpc) is 2.88. The summed E-state index contributed by atoms with van der Waals surface area (Å²) in [6, 6.07) is 1.72. The van der Waals surface area contributed by atoms with E-state index in [0.717, 1.165) is 4.90 Å². The molecule has 0 atom stereocenters. The molecule has 0 aliphatic rings. The number of esters is 2. The van der Waals surface area contributed by atoms with Gasteiger partial charge in [0.05, 0.1) is 19.9 Å². The van der Waals surface area contributed by atoms with E-state index in [1.165, 1.54) is 26.4 Å². The third-order valence-corrected chi connectivity index (χ3v) is 2.66. The summed E-state index contributed by atoms with van der Waals surface area (Å²) in [5.74, 6) is -1.76. The van der Waals surface area contributed by atoms with Gasteiger partial charge >= 0.3 is 11.9 Å². The number of amides is 1. The fourth-order valence-corrected chi connectivity index (χ4v) is 1.46. The minimum Gasteiger partial charge on any atom is -0.468 e. The largest absolute Gasteiger partial charge is 0.468 e. The highest BCUT2D eigenvalue weighted by atomic mass is 16.5. The molecule has 0 aliphatic heterocycles. The van der Waals surface area contributed by atoms with Crippen LogP contribution in [0.1, 0.15) is 5.69 Å². The van der Waals surface area contributed by atoms with E-state index in [-0.39, 0.29) is 13.1 Å². The lowest BCUT2D eigenvalue weighted by atomic mass is 10.3. The third kappa shape index (κ3) is 5.09. The van der Waals surface area contributed by atoms with Crippen LogP contribution in [0.5, 0.6) is 0 Å². The molecule has 1 aromatic rings. The van der Waals surface area contributed by atoms with E-state index in [2.05, 4.69) is 14.6 Å². The molecule has 0 fully saturated rings. The Kier molecular flexibility index (Phi) is 6.12. The standard InChI is InChI=1S/C13H17N3O5/c1-15-10(6-7-14-15)4-5-11(17)16(8-12(18)20-2)9-13(19)21-3/h4-7H,8-9H2,1-3H3. The smallest absolute Gasteiger partial charge is 0.325 e. The molecule has 1 amide bonds. The topological polar surface area (TPSA) is 90.7 Å². The first-order chi connectivity index (χ1) is 9.97. The lowest BCUT2D eigenvalue weighted by Crippen LogP contribution is -2.39. The van der Waals surface area contributed by atoms with Gasteiger partial charge in [-0.25, -0.2) is 0 Å². The molecule has 8 nitrogen and oxygen atoms in total. The second kappa shape index (κ2) is 7.83. The number of rotatable bonds is 6. The van der Waals surface area contributed by atoms with Gasteiger partial charge in [0, 0.05) is 19.3 Å². The number of methoxy groups -OCH3 is 2. The normalized spacial score (nSPS) is 10.4. The first kappa shape index (κ1) is 16.4. The Bertz CT molecular complexity index is 532. The maximum absolute atomic E-state index is 12.0. The second-order valence-corrected chi connectivity index (χ2v) is 4.06. The summed E-state index contributed by atoms with van der Waals surface area (Å²) in [6.45, 7) is -0.666. The zero-order chi connectivity index (χ0) is 15.8. The van der Waals surface area contributed by atoms with E-state index in [1.54, 1.807) is 24.0 Å². The first-order valence-electron chi connectivity index (χ1n) is 6.06. The van der Waals surface area contributed by atoms with Crippen LogP contribution in [0.15, 0.2) is 18.3 Å². The summed E-state index contributed by atoms with van der Waals surface area (Å²) in [6.07, 6.45) is 4.38. The molecule has 1 heterocycles. The number of hydrogen-bond acceptors (Lipinski definition) is 6. The zero-order valence-electron chi connectivity index (χ0n) is 12.1. The predicted molar refractivity (Wildman–Crippen MR) is 72.9 cm³/mol. The van der Waals surface area contributed by atoms with Crippen LogP contribution in [0.3, 0.4) is 0 Å². The molecule has 0 saturated carbocycles. The SMILES string of the molecule is COC(=O)CN(CC(=O)OC)C(=O)C=Cc1ccnn1C. The Morgan fingerprint density at radius 3 is 2.24 bits per heavy atom. The van der Waals surface area contributed by atoms with Crippen molar-refractivity contribution in [2.24, 2.45) is 7.05 Å². The fraction of sp³-hybridized carbons (Fsp3) is 0.385. The molecule has 1 aromatic heterocycles. The average molecular weight is 295 g/mol. The van der Waals surface area contributed by atoms with Gasteiger partial charge in [-0.2, -0.15) is 5.10 Å². The maximum Gasteiger partial charge on any atom is 0.325 e. The van der Waals surface area contributed by atoms with Gasteiger partial charge < -0.3 is 14.4 Å². The van der Waals surface area contributed by atoms with Crippen LogP contribution in [-0.2, 0) is 30.9 Å². The van der Waals surface area contributed by atoms with Crippen LogP contribution < -0.4 is 0 Å². The fourth-order valence-electron chi connectivity index (χ4n) is 1.46. The minimum absolute atomic E-state index is 0.333. The Hall–Kier alpha value is -2.64. The number of carbonyl (C=O) groups is 3. The van der Waals surface area contributed by atoms with Gasteiger partial charge in [0.15, 0.2) is 0 Å². The summed E-state index contributed by atoms with van der Waals surface area (Å²) in [5, 5.41) is 3.96. The van der Waals surface area contributed by atoms with Crippen molar-refractivity contribution < 1.29 is 23.9 Å². The van der Waals surface area contributed by atoms with E-state index in [0.29, 0.717) is 5.69 Å². The van der Waals surface area contributed by atoms with E-state index < -0.39 is 17.8 Å². The van der Waals surface area contributed by atoms with Gasteiger partial charge in [-0.1, -0.05) is 0 Å². The minimum atomic E-state index is -0.624. The molecule has 0 N–H and O–H groups in total. The molecule has 1 rings (SSSR count). The Labute approximate surface area is 121 Å². The van der Waals surface area contributed by atoms with E-state index in [4.69, 9.17) is 0 Å². The summed E-state index contributed by atoms with van der Waals surface area (Å²) < 4.78 is 10.6. The monoisotopic (exact) mass is 295 g/mol. The van der Waals surface area contributed by atoms with E-state index >= 15 is 0 Å². The van der Waals surface area contributed by atoms with Crippen molar-refractivity contribution in [2.75, 3.05) is 27.3 Å². The highest BCUT2D eigenvalue weighted by Gasteiger charge is 2.19. The molecule has 114 valence electrons. The van der Waals surface area contributed by atoms with Gasteiger partial charge in [-0.3, -0.25) is 19.1 Å². The summed E-state index contributed by atoms with van der Waals surface area (Å²) >= 11 is 0. The summed E-state index contributed by atoms with van der Waals surface area (Å²) in [4.78, 5) is 35.6. The molecule has 0 bridgehead atoms. The molecule has 8 heteroatoms. The molecule has 0 saturated heterocycles. The van der Waals surface area contributed by atoms with Gasteiger partial charge in [0.2, 0.25) is 5.91 Å². The number of ether oxygens (including phenoxy) is 2. The molecule has 0 aromatic carbocycles. The van der Waals surface area contributed by atoms with Crippen molar-refractivity contribution in [1.29, 1.82) is 0 Å². The van der Waals surface area contributed by atoms with Gasteiger partial charge in [0.1, 0.15) is 13.1 Å². The van der Waals surface area contributed by atoms with Crippen molar-refractivity contribution >= 4 is 23.9 Å². The highest BCUT2D eigenvalue weighted by molar-refractivity contribution is 5.95. The van der Waals surface area contributed by atoms with Crippen molar-refractivity contribution in [3.05, 3.63) is 24.0 Å². The van der Waals surface area contributed by atoms with Crippen molar-refractivity contribution in [1.82, 2.24) is 14.7 Å². The second-order valence-electron chi connectivity index (χ2n) is 4.06. The lowest BCUT2D eigenvalue weighted by molar-refractivity contribution is -0.150. The molecular formula is C13H17N3O5. The number of aromatic nitrogens is 2. The third-order valence-electron chi connectivity index (χ3n) is 2.66. The van der Waals surface area contributed by atoms with Gasteiger partial charge in [-0.05, 0) is 12.1 Å². The van der Waals surface area contributed by atoms with E-state index in [9.17, 15) is 14.4 Å². The number of hydrogen-bond donors (Lipinski definition) is 0. The van der Waals surface area contributed by atoms with Crippen LogP contribution in [0.4, 0.5) is 0 Å². The maximum atomic E-state index is 12.0. The summed E-state index contributed by atoms with van der Waals surface area (Å²) in [7, 11) is 4.13. The Morgan fingerprint density at radius 1 is 1.24 bits per heavy atom. The Balaban J connectivity index is 2.78. The van der Waals surface area contributed by atoms with Crippen LogP contribution in [0.25, 0.3) is 6.08 Å². The quantitative estimate of drug-likeness (QED) is 0.524. The van der Waals surface area contributed by atoms with Crippen LogP contribution >= 0.6 is 0 Å². The van der Waals surface area contributed by atoms with Crippen LogP contribution in [-0.4, -0.2) is 59.8 Å². The van der Waals surface area contributed by atoms with Crippen LogP contribution in [0.2, 0.25) is 0 Å². The number of nitrogens with zero attached hydrogens (tertiary/aromatic N) is 3. The summed E-state index contributed by atoms with van der Waals surface area (Å²) in [5.41, 5.74) is 0.708. The molecule has 0 spiro atoms. The van der Waals surface area contributed by atoms with Crippen molar-refractivity contribution in [3.63, 3.8) is 0 Å². The highest BCUT2D eigenvalue weighted by Crippen LogP contribution is 2.01. The lowest BCUT2D eigenvalue weighted by Gasteiger charge is -2.18. The number of carbonyl (C=O) groups excluding carboxylic acids is 3. The molecule has 0 aliphatic carbocycles. The van der Waals surface area contributed by atoms with Gasteiger partial charge in [0.25, 0.3) is 0 Å².